The van der Waals surface area contributed by atoms with Gasteiger partial charge in [-0.15, -0.1) is 0 Å². The first-order valence-electron chi connectivity index (χ1n) is 10.8. The van der Waals surface area contributed by atoms with Crippen molar-refractivity contribution in [2.45, 2.75) is 22.7 Å². The van der Waals surface area contributed by atoms with Crippen LogP contribution in [0.1, 0.15) is 16.4 Å². The number of ether oxygens (including phenoxy) is 2. The number of aromatic nitrogens is 1. The maximum Gasteiger partial charge on any atom is 0.308 e. The number of thioether (sulfide) groups is 1. The number of rotatable bonds is 6. The number of carbonyl (C=O) groups is 3. The number of nitrogens with one attached hydrogen (secondary N) is 2. The number of halogens is 1. The maximum atomic E-state index is 13.1. The Morgan fingerprint density at radius 2 is 1.78 bits per heavy atom. The molecule has 0 saturated carbocycles. The summed E-state index contributed by atoms with van der Waals surface area (Å²) in [5, 5.41) is 5.47. The Morgan fingerprint density at radius 1 is 1.06 bits per heavy atom. The molecule has 0 spiro atoms. The van der Waals surface area contributed by atoms with Gasteiger partial charge in [0, 0.05) is 21.5 Å². The molecule has 36 heavy (non-hydrogen) atoms. The summed E-state index contributed by atoms with van der Waals surface area (Å²) in [4.78, 5) is 51.6. The fourth-order valence-corrected chi connectivity index (χ4v) is 7.32. The molecular formula is C24H20ClN3O6S2. The van der Waals surface area contributed by atoms with Crippen LogP contribution >= 0.6 is 34.7 Å². The molecule has 2 aromatic carbocycles. The molecule has 3 heterocycles. The monoisotopic (exact) mass is 545 g/mol. The zero-order valence-corrected chi connectivity index (χ0v) is 21.5. The molecule has 5 rings (SSSR count). The van der Waals surface area contributed by atoms with E-state index in [1.54, 1.807) is 42.5 Å². The standard InChI is InChI=1S/C24H20ClN3O6S2/c1-33-14-8-3-11(9-15(14)34-2)17-18-19(22(31)27-21(18)30)35-23-20(17)36-24(32)28(23)10-16(29)26-13-6-4-12(25)5-7-13/h3-9,17-19H,10H2,1-2H3,(H,26,29)(H,27,30,31)/t17-,18+,19-/m0/s1. The number of imide groups is 1. The number of thiazole rings is 1. The number of fused-ring (bicyclic) bond motifs is 2. The van der Waals surface area contributed by atoms with Crippen molar-refractivity contribution < 1.29 is 23.9 Å². The average molecular weight is 546 g/mol. The van der Waals surface area contributed by atoms with Crippen LogP contribution in [0.25, 0.3) is 0 Å². The van der Waals surface area contributed by atoms with E-state index in [1.165, 1.54) is 18.8 Å². The SMILES string of the molecule is COc1ccc([C@@H]2c3sc(=O)n(CC(=O)Nc4ccc(Cl)cc4)c3S[C@@H]3C(=O)NC(=O)[C@H]23)cc1OC. The molecule has 3 amide bonds. The van der Waals surface area contributed by atoms with E-state index in [9.17, 15) is 19.2 Å². The third-order valence-corrected chi connectivity index (χ3v) is 8.95. The summed E-state index contributed by atoms with van der Waals surface area (Å²) in [6.07, 6.45) is 0. The topological polar surface area (TPSA) is 116 Å². The maximum absolute atomic E-state index is 13.1. The minimum absolute atomic E-state index is 0.244. The lowest BCUT2D eigenvalue weighted by Crippen LogP contribution is -2.32. The van der Waals surface area contributed by atoms with E-state index in [-0.39, 0.29) is 11.4 Å². The first kappa shape index (κ1) is 24.4. The predicted octanol–water partition coefficient (Wildman–Crippen LogP) is 3.10. The van der Waals surface area contributed by atoms with Crippen LogP contribution in [-0.4, -0.2) is 41.8 Å². The van der Waals surface area contributed by atoms with Gasteiger partial charge in [0.25, 0.3) is 0 Å². The quantitative estimate of drug-likeness (QED) is 0.457. The highest BCUT2D eigenvalue weighted by atomic mass is 35.5. The highest BCUT2D eigenvalue weighted by Gasteiger charge is 2.53. The minimum atomic E-state index is -0.734. The van der Waals surface area contributed by atoms with Crippen LogP contribution in [-0.2, 0) is 20.9 Å². The van der Waals surface area contributed by atoms with Crippen LogP contribution in [0.3, 0.4) is 0 Å². The summed E-state index contributed by atoms with van der Waals surface area (Å²) in [5.41, 5.74) is 1.24. The van der Waals surface area contributed by atoms with E-state index in [1.807, 2.05) is 0 Å². The van der Waals surface area contributed by atoms with Gasteiger partial charge in [-0.1, -0.05) is 40.8 Å². The molecule has 186 valence electrons. The van der Waals surface area contributed by atoms with Crippen LogP contribution in [0.15, 0.2) is 52.3 Å². The number of benzene rings is 2. The number of hydrogen-bond acceptors (Lipinski definition) is 8. The van der Waals surface area contributed by atoms with Crippen molar-refractivity contribution in [2.75, 3.05) is 19.5 Å². The summed E-state index contributed by atoms with van der Waals surface area (Å²) < 4.78 is 12.1. The summed E-state index contributed by atoms with van der Waals surface area (Å²) in [6.45, 7) is -0.244. The van der Waals surface area contributed by atoms with Gasteiger partial charge in [-0.25, -0.2) is 0 Å². The number of anilines is 1. The predicted molar refractivity (Wildman–Crippen MR) is 136 cm³/mol. The van der Waals surface area contributed by atoms with Crippen molar-refractivity contribution in [1.29, 1.82) is 0 Å². The van der Waals surface area contributed by atoms with E-state index in [2.05, 4.69) is 10.6 Å². The Balaban J connectivity index is 1.55. The molecule has 0 unspecified atom stereocenters. The Labute approximate surface area is 218 Å². The van der Waals surface area contributed by atoms with E-state index in [0.717, 1.165) is 23.1 Å². The van der Waals surface area contributed by atoms with Gasteiger partial charge in [-0.2, -0.15) is 0 Å². The van der Waals surface area contributed by atoms with Gasteiger partial charge in [-0.3, -0.25) is 29.1 Å². The zero-order chi connectivity index (χ0) is 25.6. The summed E-state index contributed by atoms with van der Waals surface area (Å²) in [5.74, 6) is -1.52. The molecule has 2 aliphatic heterocycles. The Bertz CT molecular complexity index is 1430. The van der Waals surface area contributed by atoms with Crippen molar-refractivity contribution in [1.82, 2.24) is 9.88 Å². The number of amides is 3. The second-order valence-corrected chi connectivity index (χ2v) is 10.7. The van der Waals surface area contributed by atoms with E-state index < -0.39 is 34.8 Å². The molecule has 0 bridgehead atoms. The molecule has 0 aliphatic carbocycles. The lowest BCUT2D eigenvalue weighted by Gasteiger charge is -2.31. The summed E-state index contributed by atoms with van der Waals surface area (Å²) in [6, 6.07) is 11.9. The third-order valence-electron chi connectivity index (χ3n) is 6.08. The van der Waals surface area contributed by atoms with Gasteiger partial charge in [0.05, 0.1) is 25.2 Å². The third kappa shape index (κ3) is 4.27. The van der Waals surface area contributed by atoms with Crippen molar-refractivity contribution in [2.24, 2.45) is 5.92 Å². The van der Waals surface area contributed by atoms with Gasteiger partial charge in [0.2, 0.25) is 17.7 Å². The van der Waals surface area contributed by atoms with Crippen molar-refractivity contribution in [3.8, 4) is 11.5 Å². The van der Waals surface area contributed by atoms with E-state index >= 15 is 0 Å². The van der Waals surface area contributed by atoms with Crippen LogP contribution < -0.4 is 25.0 Å². The van der Waals surface area contributed by atoms with E-state index in [0.29, 0.717) is 37.7 Å². The molecule has 3 aromatic rings. The normalized spacial score (nSPS) is 20.4. The number of carbonyl (C=O) groups excluding carboxylic acids is 3. The molecular weight excluding hydrogens is 526 g/mol. The smallest absolute Gasteiger partial charge is 0.308 e. The Morgan fingerprint density at radius 3 is 2.47 bits per heavy atom. The second kappa shape index (κ2) is 9.64. The van der Waals surface area contributed by atoms with Crippen LogP contribution in [0.2, 0.25) is 5.02 Å². The molecule has 1 saturated heterocycles. The molecule has 3 atom stereocenters. The van der Waals surface area contributed by atoms with Crippen LogP contribution in [0, 0.1) is 5.92 Å². The fourth-order valence-electron chi connectivity index (χ4n) is 4.46. The van der Waals surface area contributed by atoms with Crippen molar-refractivity contribution in [3.63, 3.8) is 0 Å². The highest BCUT2D eigenvalue weighted by molar-refractivity contribution is 8.00. The van der Waals surface area contributed by atoms with Crippen LogP contribution in [0.5, 0.6) is 11.5 Å². The van der Waals surface area contributed by atoms with Gasteiger partial charge >= 0.3 is 4.87 Å². The Hall–Kier alpha value is -3.28. The zero-order valence-electron chi connectivity index (χ0n) is 19.1. The minimum Gasteiger partial charge on any atom is -0.493 e. The lowest BCUT2D eigenvalue weighted by molar-refractivity contribution is -0.126. The molecule has 2 N–H and O–H groups in total. The molecule has 9 nitrogen and oxygen atoms in total. The highest BCUT2D eigenvalue weighted by Crippen LogP contribution is 2.52. The van der Waals surface area contributed by atoms with E-state index in [4.69, 9.17) is 21.1 Å². The number of nitrogens with zero attached hydrogens (tertiary/aromatic N) is 1. The first-order chi connectivity index (χ1) is 17.3. The number of hydrogen-bond donors (Lipinski definition) is 2. The first-order valence-corrected chi connectivity index (χ1v) is 12.9. The molecule has 12 heteroatoms. The van der Waals surface area contributed by atoms with Gasteiger partial charge in [0.15, 0.2) is 11.5 Å². The van der Waals surface area contributed by atoms with Crippen molar-refractivity contribution in [3.05, 3.63) is 67.6 Å². The number of methoxy groups -OCH3 is 2. The molecule has 2 aliphatic rings. The lowest BCUT2D eigenvalue weighted by atomic mass is 9.83. The molecule has 0 radical (unpaired) electrons. The summed E-state index contributed by atoms with van der Waals surface area (Å²) in [7, 11) is 3.03. The van der Waals surface area contributed by atoms with Gasteiger partial charge in [0.1, 0.15) is 11.8 Å². The summed E-state index contributed by atoms with van der Waals surface area (Å²) >= 11 is 8.01. The molecule has 1 aromatic heterocycles. The fraction of sp³-hybridized carbons (Fsp3) is 0.250. The van der Waals surface area contributed by atoms with Gasteiger partial charge < -0.3 is 14.8 Å². The van der Waals surface area contributed by atoms with Gasteiger partial charge in [-0.05, 0) is 42.0 Å². The largest absolute Gasteiger partial charge is 0.493 e. The Kier molecular flexibility index (Phi) is 6.54. The molecule has 1 fully saturated rings. The second-order valence-electron chi connectivity index (χ2n) is 8.19. The van der Waals surface area contributed by atoms with Crippen LogP contribution in [0.4, 0.5) is 5.69 Å². The average Bonchev–Trinajstić information content (AvgIpc) is 3.33. The van der Waals surface area contributed by atoms with Crippen molar-refractivity contribution >= 4 is 58.1 Å².